The van der Waals surface area contributed by atoms with Crippen LogP contribution in [0.2, 0.25) is 0 Å². The van der Waals surface area contributed by atoms with E-state index in [-0.39, 0.29) is 5.82 Å². The molecular formula is C23H31FN2O. The second kappa shape index (κ2) is 8.73. The van der Waals surface area contributed by atoms with Crippen LogP contribution in [0.4, 0.5) is 4.39 Å². The number of aromatic nitrogens is 1. The van der Waals surface area contributed by atoms with Crippen molar-refractivity contribution in [1.82, 2.24) is 4.57 Å². The summed E-state index contributed by atoms with van der Waals surface area (Å²) in [6, 6.07) is 6.93. The summed E-state index contributed by atoms with van der Waals surface area (Å²) >= 11 is 0. The van der Waals surface area contributed by atoms with Crippen molar-refractivity contribution in [3.63, 3.8) is 0 Å². The van der Waals surface area contributed by atoms with Crippen molar-refractivity contribution in [2.45, 2.75) is 77.7 Å². The molecule has 1 aliphatic carbocycles. The van der Waals surface area contributed by atoms with Crippen molar-refractivity contribution in [3.05, 3.63) is 47.0 Å². The number of hydrogen-bond acceptors (Lipinski definition) is 1. The number of hydrogen-bond donors (Lipinski definition) is 1. The van der Waals surface area contributed by atoms with E-state index in [4.69, 9.17) is 5.73 Å². The third kappa shape index (κ3) is 4.10. The van der Waals surface area contributed by atoms with E-state index >= 15 is 0 Å². The molecule has 1 fully saturated rings. The monoisotopic (exact) mass is 370 g/mol. The molecular weight excluding hydrogens is 339 g/mol. The largest absolute Gasteiger partial charge is 0.366 e. The van der Waals surface area contributed by atoms with Gasteiger partial charge in [0.2, 0.25) is 0 Å². The summed E-state index contributed by atoms with van der Waals surface area (Å²) in [5.41, 5.74) is 10.0. The normalized spacial score (nSPS) is 16.1. The minimum atomic E-state index is -0.422. The SMILES string of the molecule is CCCc1c(-c2cccc(F)c2)c(C(N)=O)c(C)n1C1CCCCCCC1. The van der Waals surface area contributed by atoms with Gasteiger partial charge in [0.15, 0.2) is 0 Å². The molecule has 0 aliphatic heterocycles. The second-order valence-corrected chi connectivity index (χ2v) is 7.78. The van der Waals surface area contributed by atoms with E-state index in [1.54, 1.807) is 6.07 Å². The van der Waals surface area contributed by atoms with E-state index in [2.05, 4.69) is 11.5 Å². The lowest BCUT2D eigenvalue weighted by Gasteiger charge is -2.26. The van der Waals surface area contributed by atoms with Gasteiger partial charge in [-0.2, -0.15) is 0 Å². The van der Waals surface area contributed by atoms with E-state index in [1.165, 1.54) is 44.2 Å². The van der Waals surface area contributed by atoms with Crippen molar-refractivity contribution < 1.29 is 9.18 Å². The molecule has 0 radical (unpaired) electrons. The number of halogens is 1. The van der Waals surface area contributed by atoms with Gasteiger partial charge >= 0.3 is 0 Å². The first-order chi connectivity index (χ1) is 13.0. The second-order valence-electron chi connectivity index (χ2n) is 7.78. The van der Waals surface area contributed by atoms with E-state index in [9.17, 15) is 9.18 Å². The molecule has 0 atom stereocenters. The summed E-state index contributed by atoms with van der Waals surface area (Å²) in [7, 11) is 0. The Morgan fingerprint density at radius 3 is 2.44 bits per heavy atom. The first-order valence-electron chi connectivity index (χ1n) is 10.3. The van der Waals surface area contributed by atoms with Crippen LogP contribution >= 0.6 is 0 Å². The highest BCUT2D eigenvalue weighted by molar-refractivity contribution is 6.02. The number of nitrogens with two attached hydrogens (primary N) is 1. The fourth-order valence-electron chi connectivity index (χ4n) is 4.69. The summed E-state index contributed by atoms with van der Waals surface area (Å²) in [5, 5.41) is 0. The average Bonchev–Trinajstić information content (AvgIpc) is 2.88. The molecule has 1 heterocycles. The van der Waals surface area contributed by atoms with Crippen LogP contribution in [0, 0.1) is 12.7 Å². The number of nitrogens with zero attached hydrogens (tertiary/aromatic N) is 1. The number of benzene rings is 1. The topological polar surface area (TPSA) is 48.0 Å². The van der Waals surface area contributed by atoms with E-state index < -0.39 is 5.91 Å². The van der Waals surface area contributed by atoms with Gasteiger partial charge in [0.1, 0.15) is 5.82 Å². The van der Waals surface area contributed by atoms with Gasteiger partial charge in [-0.3, -0.25) is 4.79 Å². The Hall–Kier alpha value is -2.10. The van der Waals surface area contributed by atoms with Gasteiger partial charge in [0.25, 0.3) is 5.91 Å². The van der Waals surface area contributed by atoms with Crippen LogP contribution in [-0.4, -0.2) is 10.5 Å². The van der Waals surface area contributed by atoms with Crippen molar-refractivity contribution >= 4 is 5.91 Å². The molecule has 2 aromatic rings. The van der Waals surface area contributed by atoms with Crippen LogP contribution in [0.3, 0.4) is 0 Å². The van der Waals surface area contributed by atoms with Crippen molar-refractivity contribution in [2.24, 2.45) is 5.73 Å². The lowest BCUT2D eigenvalue weighted by Crippen LogP contribution is -2.17. The maximum absolute atomic E-state index is 13.9. The summed E-state index contributed by atoms with van der Waals surface area (Å²) in [6.07, 6.45) is 10.4. The molecule has 0 bridgehead atoms. The fraction of sp³-hybridized carbons (Fsp3) is 0.522. The molecule has 27 heavy (non-hydrogen) atoms. The Labute approximate surface area is 161 Å². The third-order valence-corrected chi connectivity index (χ3v) is 5.84. The molecule has 0 saturated heterocycles. The molecule has 2 N–H and O–H groups in total. The molecule has 4 heteroatoms. The minimum absolute atomic E-state index is 0.290. The number of amides is 1. The third-order valence-electron chi connectivity index (χ3n) is 5.84. The Bertz CT molecular complexity index is 801. The van der Waals surface area contributed by atoms with Gasteiger partial charge in [-0.25, -0.2) is 4.39 Å². The summed E-state index contributed by atoms with van der Waals surface area (Å²) in [6.45, 7) is 4.14. The lowest BCUT2D eigenvalue weighted by atomic mass is 9.95. The molecule has 1 aliphatic rings. The zero-order chi connectivity index (χ0) is 19.4. The van der Waals surface area contributed by atoms with Gasteiger partial charge < -0.3 is 10.3 Å². The van der Waals surface area contributed by atoms with Crippen LogP contribution in [0.15, 0.2) is 24.3 Å². The average molecular weight is 371 g/mol. The first kappa shape index (κ1) is 19.7. The molecule has 0 unspecified atom stereocenters. The van der Waals surface area contributed by atoms with Crippen LogP contribution in [0.5, 0.6) is 0 Å². The summed E-state index contributed by atoms with van der Waals surface area (Å²) in [5.74, 6) is -0.713. The molecule has 1 aromatic carbocycles. The predicted molar refractivity (Wildman–Crippen MR) is 108 cm³/mol. The first-order valence-corrected chi connectivity index (χ1v) is 10.3. The Morgan fingerprint density at radius 1 is 1.19 bits per heavy atom. The summed E-state index contributed by atoms with van der Waals surface area (Å²) in [4.78, 5) is 12.4. The van der Waals surface area contributed by atoms with E-state index in [0.717, 1.165) is 48.2 Å². The van der Waals surface area contributed by atoms with Crippen LogP contribution in [0.25, 0.3) is 11.1 Å². The quantitative estimate of drug-likeness (QED) is 0.695. The number of rotatable bonds is 5. The van der Waals surface area contributed by atoms with Gasteiger partial charge in [0, 0.05) is 23.0 Å². The molecule has 1 aromatic heterocycles. The Morgan fingerprint density at radius 2 is 1.85 bits per heavy atom. The van der Waals surface area contributed by atoms with Crippen LogP contribution < -0.4 is 5.73 Å². The lowest BCUT2D eigenvalue weighted by molar-refractivity contribution is 0.1000. The minimum Gasteiger partial charge on any atom is -0.366 e. The molecule has 3 nitrogen and oxygen atoms in total. The van der Waals surface area contributed by atoms with Crippen molar-refractivity contribution in [2.75, 3.05) is 0 Å². The van der Waals surface area contributed by atoms with E-state index in [1.807, 2.05) is 13.0 Å². The zero-order valence-corrected chi connectivity index (χ0v) is 16.6. The maximum atomic E-state index is 13.9. The van der Waals surface area contributed by atoms with Crippen LogP contribution in [-0.2, 0) is 6.42 Å². The smallest absolute Gasteiger partial charge is 0.251 e. The van der Waals surface area contributed by atoms with Crippen molar-refractivity contribution in [1.29, 1.82) is 0 Å². The highest BCUT2D eigenvalue weighted by Gasteiger charge is 2.28. The Balaban J connectivity index is 2.20. The highest BCUT2D eigenvalue weighted by atomic mass is 19.1. The number of carbonyl (C=O) groups is 1. The van der Waals surface area contributed by atoms with Gasteiger partial charge in [-0.15, -0.1) is 0 Å². The van der Waals surface area contributed by atoms with E-state index in [0.29, 0.717) is 11.6 Å². The van der Waals surface area contributed by atoms with Gasteiger partial charge in [-0.1, -0.05) is 57.6 Å². The maximum Gasteiger partial charge on any atom is 0.251 e. The zero-order valence-electron chi connectivity index (χ0n) is 16.6. The molecule has 1 saturated carbocycles. The summed E-state index contributed by atoms with van der Waals surface area (Å²) < 4.78 is 16.3. The Kier molecular flexibility index (Phi) is 6.35. The van der Waals surface area contributed by atoms with Crippen molar-refractivity contribution in [3.8, 4) is 11.1 Å². The molecule has 1 amide bonds. The van der Waals surface area contributed by atoms with Gasteiger partial charge in [0.05, 0.1) is 5.56 Å². The molecule has 0 spiro atoms. The molecule has 146 valence electrons. The number of primary amides is 1. The standard InChI is InChI=1S/C23H31FN2O/c1-3-10-20-22(17-11-9-12-18(24)15-17)21(23(25)27)16(2)26(20)19-13-7-5-4-6-8-14-19/h9,11-12,15,19H,3-8,10,13-14H2,1-2H3,(H2,25,27). The number of carbonyl (C=O) groups excluding carboxylic acids is 1. The highest BCUT2D eigenvalue weighted by Crippen LogP contribution is 2.39. The van der Waals surface area contributed by atoms with Crippen LogP contribution in [0.1, 0.15) is 86.1 Å². The fourth-order valence-corrected chi connectivity index (χ4v) is 4.69. The molecule has 3 rings (SSSR count). The predicted octanol–water partition coefficient (Wildman–Crippen LogP) is 5.94. The van der Waals surface area contributed by atoms with Gasteiger partial charge in [-0.05, 0) is 43.9 Å².